The monoisotopic (exact) mass is 516 g/mol. The average molecular weight is 520 g/mol. The Morgan fingerprint density at radius 3 is 1.32 bits per heavy atom. The minimum Gasteiger partial charge on any atom is -0.506 e. The SMILES string of the molecule is Oc1c(Cl)c(OCl)c(Cl)c2c(Cl)c3c(Cl)c(Cl)c(Cl)c(Cl)c3c(Cl)c12. The Kier molecular flexibility index (Phi) is 5.71. The second-order valence-corrected chi connectivity index (χ2v) is 7.94. The van der Waals surface area contributed by atoms with Crippen molar-refractivity contribution in [2.24, 2.45) is 0 Å². The molecule has 2 nitrogen and oxygen atoms in total. The molecule has 0 aromatic heterocycles. The van der Waals surface area contributed by atoms with Crippen LogP contribution in [0, 0.1) is 0 Å². The molecular weight excluding hydrogens is 519 g/mol. The number of benzene rings is 3. The number of phenolic OH excluding ortho intramolecular Hbond substituents is 1. The van der Waals surface area contributed by atoms with Gasteiger partial charge in [-0.05, 0) is 0 Å². The summed E-state index contributed by atoms with van der Waals surface area (Å²) in [5, 5.41) is 10.6. The van der Waals surface area contributed by atoms with E-state index in [0.29, 0.717) is 0 Å². The largest absolute Gasteiger partial charge is 0.506 e. The molecule has 3 aromatic carbocycles. The van der Waals surface area contributed by atoms with Crippen molar-refractivity contribution in [3.8, 4) is 11.5 Å². The van der Waals surface area contributed by atoms with Crippen LogP contribution in [0.15, 0.2) is 0 Å². The number of aromatic hydroxyl groups is 1. The smallest absolute Gasteiger partial charge is 0.187 e. The van der Waals surface area contributed by atoms with Gasteiger partial charge in [0.05, 0.1) is 35.2 Å². The van der Waals surface area contributed by atoms with Gasteiger partial charge in [-0.15, -0.1) is 0 Å². The fraction of sp³-hybridized carbons (Fsp3) is 0. The van der Waals surface area contributed by atoms with E-state index in [1.165, 1.54) is 0 Å². The lowest BCUT2D eigenvalue weighted by molar-refractivity contribution is 0.478. The van der Waals surface area contributed by atoms with Crippen LogP contribution in [0.4, 0.5) is 0 Å². The van der Waals surface area contributed by atoms with Crippen LogP contribution in [-0.4, -0.2) is 5.11 Å². The standard InChI is InChI=1S/C14HCl9O2/c15-5-1-2(8(18)11(21)10(20)7(1)17)6(16)4-3(5)9(19)14(25-23)12(22)13(4)24/h24H. The highest BCUT2D eigenvalue weighted by Crippen LogP contribution is 2.56. The van der Waals surface area contributed by atoms with Gasteiger partial charge in [-0.2, -0.15) is 0 Å². The molecule has 0 aliphatic rings. The number of rotatable bonds is 1. The molecule has 0 amide bonds. The lowest BCUT2D eigenvalue weighted by Gasteiger charge is -2.18. The zero-order valence-electron chi connectivity index (χ0n) is 11.3. The zero-order chi connectivity index (χ0) is 18.8. The molecule has 25 heavy (non-hydrogen) atoms. The van der Waals surface area contributed by atoms with Gasteiger partial charge in [-0.3, -0.25) is 0 Å². The van der Waals surface area contributed by atoms with E-state index in [0.717, 1.165) is 0 Å². The van der Waals surface area contributed by atoms with Crippen LogP contribution in [0.2, 0.25) is 40.2 Å². The lowest BCUT2D eigenvalue weighted by atomic mass is 10.0. The van der Waals surface area contributed by atoms with Gasteiger partial charge >= 0.3 is 0 Å². The predicted octanol–water partition coefficient (Wildman–Crippen LogP) is 9.46. The van der Waals surface area contributed by atoms with Crippen molar-refractivity contribution in [3.63, 3.8) is 0 Å². The quantitative estimate of drug-likeness (QED) is 0.197. The normalized spacial score (nSPS) is 11.6. The third-order valence-electron chi connectivity index (χ3n) is 3.54. The molecule has 0 radical (unpaired) electrons. The molecule has 3 rings (SSSR count). The summed E-state index contributed by atoms with van der Waals surface area (Å²) >= 11 is 55.3. The Morgan fingerprint density at radius 2 is 0.880 bits per heavy atom. The van der Waals surface area contributed by atoms with Gasteiger partial charge < -0.3 is 9.40 Å². The molecule has 3 aromatic rings. The summed E-state index contributed by atoms with van der Waals surface area (Å²) in [5.74, 6) is -0.654. The van der Waals surface area contributed by atoms with Crippen molar-refractivity contribution in [1.29, 1.82) is 0 Å². The highest BCUT2D eigenvalue weighted by atomic mass is 35.5. The van der Waals surface area contributed by atoms with Crippen molar-refractivity contribution >= 4 is 126 Å². The minimum absolute atomic E-state index is 0.00387. The van der Waals surface area contributed by atoms with Crippen LogP contribution in [0.3, 0.4) is 0 Å². The number of hydrogen-bond acceptors (Lipinski definition) is 2. The Bertz CT molecular complexity index is 1080. The van der Waals surface area contributed by atoms with E-state index < -0.39 is 5.75 Å². The maximum Gasteiger partial charge on any atom is 0.187 e. The zero-order valence-corrected chi connectivity index (χ0v) is 18.1. The lowest BCUT2D eigenvalue weighted by Crippen LogP contribution is -1.91. The van der Waals surface area contributed by atoms with Crippen LogP contribution >= 0.6 is 105 Å². The van der Waals surface area contributed by atoms with Gasteiger partial charge in [0.25, 0.3) is 0 Å². The summed E-state index contributed by atoms with van der Waals surface area (Å²) in [6, 6.07) is 0. The van der Waals surface area contributed by atoms with Crippen LogP contribution < -0.4 is 4.29 Å². The van der Waals surface area contributed by atoms with E-state index in [4.69, 9.17) is 105 Å². The van der Waals surface area contributed by atoms with Gasteiger partial charge in [0, 0.05) is 21.5 Å². The molecule has 132 valence electrons. The van der Waals surface area contributed by atoms with Crippen molar-refractivity contribution in [2.75, 3.05) is 0 Å². The molecule has 0 fully saturated rings. The van der Waals surface area contributed by atoms with E-state index in [1.54, 1.807) is 0 Å². The van der Waals surface area contributed by atoms with Crippen LogP contribution in [0.5, 0.6) is 11.5 Å². The molecule has 0 saturated heterocycles. The highest BCUT2D eigenvalue weighted by Gasteiger charge is 2.28. The molecule has 0 aliphatic heterocycles. The Morgan fingerprint density at radius 1 is 0.480 bits per heavy atom. The molecule has 1 N–H and O–H groups in total. The van der Waals surface area contributed by atoms with E-state index in [2.05, 4.69) is 4.29 Å². The Labute approximate surface area is 186 Å². The van der Waals surface area contributed by atoms with Crippen LogP contribution in [0.25, 0.3) is 21.5 Å². The van der Waals surface area contributed by atoms with E-state index in [9.17, 15) is 5.11 Å². The fourth-order valence-corrected chi connectivity index (χ4v) is 5.21. The minimum atomic E-state index is -0.455. The summed E-state index contributed by atoms with van der Waals surface area (Å²) in [6.07, 6.45) is 0. The van der Waals surface area contributed by atoms with Gasteiger partial charge in [-0.1, -0.05) is 92.8 Å². The summed E-state index contributed by atoms with van der Waals surface area (Å²) in [6.45, 7) is 0. The van der Waals surface area contributed by atoms with Gasteiger partial charge in [0.1, 0.15) is 22.6 Å². The second-order valence-electron chi connectivity index (χ2n) is 4.77. The van der Waals surface area contributed by atoms with Crippen molar-refractivity contribution in [2.45, 2.75) is 0 Å². The third kappa shape index (κ3) is 2.77. The molecule has 0 heterocycles. The highest BCUT2D eigenvalue weighted by molar-refractivity contribution is 6.61. The van der Waals surface area contributed by atoms with Gasteiger partial charge in [-0.25, -0.2) is 0 Å². The first kappa shape index (κ1) is 20.1. The predicted molar refractivity (Wildman–Crippen MR) is 110 cm³/mol. The van der Waals surface area contributed by atoms with E-state index >= 15 is 0 Å². The number of halogens is 9. The van der Waals surface area contributed by atoms with Crippen LogP contribution in [-0.2, 0) is 0 Å². The van der Waals surface area contributed by atoms with Gasteiger partial charge in [0.2, 0.25) is 0 Å². The number of phenols is 1. The number of fused-ring (bicyclic) bond motifs is 2. The van der Waals surface area contributed by atoms with Gasteiger partial charge in [0.15, 0.2) is 5.75 Å². The number of hydrogen-bond donors (Lipinski definition) is 1. The summed E-state index contributed by atoms with van der Waals surface area (Å²) in [4.78, 5) is 0. The van der Waals surface area contributed by atoms with Crippen molar-refractivity contribution < 1.29 is 9.40 Å². The molecule has 0 aliphatic carbocycles. The topological polar surface area (TPSA) is 29.5 Å². The maximum atomic E-state index is 10.4. The summed E-state index contributed by atoms with van der Waals surface area (Å²) < 4.78 is 4.61. The third-order valence-corrected chi connectivity index (χ3v) is 6.96. The second kappa shape index (κ2) is 7.09. The maximum absolute atomic E-state index is 10.4. The molecule has 0 spiro atoms. The molecular formula is C14HCl9O2. The van der Waals surface area contributed by atoms with E-state index in [1.807, 2.05) is 0 Å². The molecule has 0 bridgehead atoms. The molecule has 0 unspecified atom stereocenters. The fourth-order valence-electron chi connectivity index (χ4n) is 2.44. The van der Waals surface area contributed by atoms with E-state index in [-0.39, 0.29) is 67.5 Å². The van der Waals surface area contributed by atoms with Crippen molar-refractivity contribution in [1.82, 2.24) is 0 Å². The molecule has 11 heteroatoms. The molecule has 0 saturated carbocycles. The first-order chi connectivity index (χ1) is 11.6. The first-order valence-corrected chi connectivity index (χ1v) is 9.43. The molecule has 0 atom stereocenters. The summed E-state index contributed by atoms with van der Waals surface area (Å²) in [7, 11) is 0. The summed E-state index contributed by atoms with van der Waals surface area (Å²) in [5.41, 5.74) is 0. The van der Waals surface area contributed by atoms with Crippen molar-refractivity contribution in [3.05, 3.63) is 40.2 Å². The average Bonchev–Trinajstić information content (AvgIpc) is 2.57. The van der Waals surface area contributed by atoms with Crippen LogP contribution in [0.1, 0.15) is 0 Å². The Hall–Kier alpha value is 0.390. The first-order valence-electron chi connectivity index (χ1n) is 6.09. The Balaban J connectivity index is 2.79.